The smallest absolute Gasteiger partial charge is 0.0686 e. The van der Waals surface area contributed by atoms with Gasteiger partial charge in [0.25, 0.3) is 0 Å². The molecule has 110 valence electrons. The van der Waals surface area contributed by atoms with E-state index in [1.165, 1.54) is 48.8 Å². The van der Waals surface area contributed by atoms with Gasteiger partial charge in [-0.2, -0.15) is 0 Å². The number of rotatable bonds is 3. The summed E-state index contributed by atoms with van der Waals surface area (Å²) in [5, 5.41) is 3.59. The summed E-state index contributed by atoms with van der Waals surface area (Å²) < 4.78 is 6.09. The first kappa shape index (κ1) is 14.1. The van der Waals surface area contributed by atoms with E-state index in [4.69, 9.17) is 4.74 Å². The van der Waals surface area contributed by atoms with E-state index in [9.17, 15) is 0 Å². The van der Waals surface area contributed by atoms with Gasteiger partial charge in [0, 0.05) is 12.6 Å². The molecule has 2 fully saturated rings. The Balaban J connectivity index is 1.84. The van der Waals surface area contributed by atoms with E-state index in [2.05, 4.69) is 44.4 Å². The van der Waals surface area contributed by atoms with Crippen molar-refractivity contribution in [2.75, 3.05) is 13.7 Å². The average Bonchev–Trinajstić information content (AvgIpc) is 2.43. The summed E-state index contributed by atoms with van der Waals surface area (Å²) in [6.45, 7) is 5.41. The molecule has 1 saturated heterocycles. The van der Waals surface area contributed by atoms with Gasteiger partial charge in [-0.25, -0.2) is 0 Å². The molecule has 1 aromatic carbocycles. The second-order valence-corrected chi connectivity index (χ2v) is 6.69. The summed E-state index contributed by atoms with van der Waals surface area (Å²) >= 11 is 0. The molecule has 0 amide bonds. The van der Waals surface area contributed by atoms with Crippen LogP contribution in [0.5, 0.6) is 0 Å². The van der Waals surface area contributed by atoms with Crippen LogP contribution in [0, 0.1) is 19.8 Å². The first-order valence-corrected chi connectivity index (χ1v) is 8.02. The van der Waals surface area contributed by atoms with Crippen LogP contribution in [0.2, 0.25) is 0 Å². The SMILES string of the molecule is CNC(c1cccc(C)c1C)C1CCOC2(CCC2)C1. The first-order valence-electron chi connectivity index (χ1n) is 8.02. The highest BCUT2D eigenvalue weighted by Gasteiger charge is 2.44. The number of hydrogen-bond donors (Lipinski definition) is 1. The molecule has 1 aliphatic heterocycles. The molecular weight excluding hydrogens is 246 g/mol. The summed E-state index contributed by atoms with van der Waals surface area (Å²) in [5.74, 6) is 0.703. The van der Waals surface area contributed by atoms with Crippen molar-refractivity contribution in [1.82, 2.24) is 5.32 Å². The topological polar surface area (TPSA) is 21.3 Å². The maximum Gasteiger partial charge on any atom is 0.0686 e. The van der Waals surface area contributed by atoms with Crippen LogP contribution in [-0.2, 0) is 4.74 Å². The van der Waals surface area contributed by atoms with Crippen molar-refractivity contribution in [3.8, 4) is 0 Å². The molecule has 0 radical (unpaired) electrons. The molecule has 2 heteroatoms. The summed E-state index contributed by atoms with van der Waals surface area (Å²) in [7, 11) is 2.11. The van der Waals surface area contributed by atoms with E-state index in [0.29, 0.717) is 12.0 Å². The van der Waals surface area contributed by atoms with Crippen LogP contribution in [0.4, 0.5) is 0 Å². The lowest BCUT2D eigenvalue weighted by Gasteiger charge is -2.49. The Labute approximate surface area is 122 Å². The van der Waals surface area contributed by atoms with Crippen LogP contribution in [-0.4, -0.2) is 19.3 Å². The van der Waals surface area contributed by atoms with Gasteiger partial charge in [0.05, 0.1) is 5.60 Å². The average molecular weight is 273 g/mol. The molecule has 1 aromatic rings. The van der Waals surface area contributed by atoms with Gasteiger partial charge in [-0.15, -0.1) is 0 Å². The van der Waals surface area contributed by atoms with Crippen LogP contribution in [0.1, 0.15) is 54.8 Å². The number of hydrogen-bond acceptors (Lipinski definition) is 2. The van der Waals surface area contributed by atoms with Gasteiger partial charge >= 0.3 is 0 Å². The highest BCUT2D eigenvalue weighted by Crippen LogP contribution is 2.47. The van der Waals surface area contributed by atoms with Crippen LogP contribution < -0.4 is 5.32 Å². The van der Waals surface area contributed by atoms with Crippen LogP contribution >= 0.6 is 0 Å². The van der Waals surface area contributed by atoms with Gasteiger partial charge < -0.3 is 10.1 Å². The molecule has 3 rings (SSSR count). The Hall–Kier alpha value is -0.860. The van der Waals surface area contributed by atoms with Crippen LogP contribution in [0.25, 0.3) is 0 Å². The largest absolute Gasteiger partial charge is 0.375 e. The van der Waals surface area contributed by atoms with Gasteiger partial charge in [-0.3, -0.25) is 0 Å². The van der Waals surface area contributed by atoms with E-state index in [-0.39, 0.29) is 5.60 Å². The molecule has 2 unspecified atom stereocenters. The molecular formula is C18H27NO. The molecule has 20 heavy (non-hydrogen) atoms. The fourth-order valence-corrected chi connectivity index (χ4v) is 4.03. The van der Waals surface area contributed by atoms with Crippen LogP contribution in [0.3, 0.4) is 0 Å². The Morgan fingerprint density at radius 3 is 2.75 bits per heavy atom. The fraction of sp³-hybridized carbons (Fsp3) is 0.667. The number of nitrogens with one attached hydrogen (secondary N) is 1. The molecule has 2 aliphatic rings. The molecule has 1 spiro atoms. The maximum absolute atomic E-state index is 6.09. The van der Waals surface area contributed by atoms with Gasteiger partial charge in [0.2, 0.25) is 0 Å². The van der Waals surface area contributed by atoms with Crippen LogP contribution in [0.15, 0.2) is 18.2 Å². The quantitative estimate of drug-likeness (QED) is 0.901. The molecule has 0 aromatic heterocycles. The minimum Gasteiger partial charge on any atom is -0.375 e. The Kier molecular flexibility index (Phi) is 3.87. The lowest BCUT2D eigenvalue weighted by Crippen LogP contribution is -2.47. The Bertz CT molecular complexity index is 478. The number of aryl methyl sites for hydroxylation is 1. The summed E-state index contributed by atoms with van der Waals surface area (Å²) in [5.41, 5.74) is 4.55. The first-order chi connectivity index (χ1) is 9.65. The van der Waals surface area contributed by atoms with Crippen molar-refractivity contribution in [1.29, 1.82) is 0 Å². The standard InChI is InChI=1S/C18H27NO/c1-13-6-4-7-16(14(13)2)17(19-3)15-8-11-20-18(12-15)9-5-10-18/h4,6-7,15,17,19H,5,8-12H2,1-3H3. The second kappa shape index (κ2) is 5.50. The minimum absolute atomic E-state index is 0.232. The molecule has 2 nitrogen and oxygen atoms in total. The molecule has 0 bridgehead atoms. The van der Waals surface area contributed by atoms with Crippen molar-refractivity contribution in [3.05, 3.63) is 34.9 Å². The predicted octanol–water partition coefficient (Wildman–Crippen LogP) is 3.91. The fourth-order valence-electron chi connectivity index (χ4n) is 4.03. The zero-order chi connectivity index (χ0) is 14.2. The third kappa shape index (κ3) is 2.40. The van der Waals surface area contributed by atoms with Crippen molar-refractivity contribution in [3.63, 3.8) is 0 Å². The molecule has 1 heterocycles. The normalized spacial score (nSPS) is 26.2. The second-order valence-electron chi connectivity index (χ2n) is 6.69. The minimum atomic E-state index is 0.232. The van der Waals surface area contributed by atoms with Crippen molar-refractivity contribution < 1.29 is 4.74 Å². The predicted molar refractivity (Wildman–Crippen MR) is 83.0 cm³/mol. The Morgan fingerprint density at radius 1 is 1.30 bits per heavy atom. The third-order valence-corrected chi connectivity index (χ3v) is 5.56. The van der Waals surface area contributed by atoms with Gasteiger partial charge in [0.15, 0.2) is 0 Å². The van der Waals surface area contributed by atoms with Gasteiger partial charge in [-0.1, -0.05) is 18.2 Å². The van der Waals surface area contributed by atoms with E-state index < -0.39 is 0 Å². The lowest BCUT2D eigenvalue weighted by molar-refractivity contribution is -0.147. The van der Waals surface area contributed by atoms with Crippen molar-refractivity contribution >= 4 is 0 Å². The highest BCUT2D eigenvalue weighted by molar-refractivity contribution is 5.35. The van der Waals surface area contributed by atoms with E-state index in [0.717, 1.165) is 6.61 Å². The summed E-state index contributed by atoms with van der Waals surface area (Å²) in [6, 6.07) is 7.17. The number of ether oxygens (including phenoxy) is 1. The third-order valence-electron chi connectivity index (χ3n) is 5.56. The Morgan fingerprint density at radius 2 is 2.10 bits per heavy atom. The zero-order valence-electron chi connectivity index (χ0n) is 13.0. The van der Waals surface area contributed by atoms with Gasteiger partial charge in [-0.05, 0) is 75.6 Å². The van der Waals surface area contributed by atoms with E-state index in [1.807, 2.05) is 0 Å². The molecule has 1 saturated carbocycles. The molecule has 1 aliphatic carbocycles. The van der Waals surface area contributed by atoms with Crippen molar-refractivity contribution in [2.45, 2.75) is 57.6 Å². The summed E-state index contributed by atoms with van der Waals surface area (Å²) in [4.78, 5) is 0. The van der Waals surface area contributed by atoms with Gasteiger partial charge in [0.1, 0.15) is 0 Å². The summed E-state index contributed by atoms with van der Waals surface area (Å²) in [6.07, 6.45) is 6.30. The van der Waals surface area contributed by atoms with E-state index >= 15 is 0 Å². The number of benzene rings is 1. The monoisotopic (exact) mass is 273 g/mol. The zero-order valence-corrected chi connectivity index (χ0v) is 13.0. The highest BCUT2D eigenvalue weighted by atomic mass is 16.5. The maximum atomic E-state index is 6.09. The lowest BCUT2D eigenvalue weighted by atomic mass is 9.69. The van der Waals surface area contributed by atoms with Crippen molar-refractivity contribution in [2.24, 2.45) is 5.92 Å². The molecule has 1 N–H and O–H groups in total. The van der Waals surface area contributed by atoms with E-state index in [1.54, 1.807) is 0 Å². The molecule has 2 atom stereocenters.